The van der Waals surface area contributed by atoms with Crippen LogP contribution in [-0.4, -0.2) is 10.9 Å². The highest BCUT2D eigenvalue weighted by Gasteiger charge is 2.11. The van der Waals surface area contributed by atoms with Crippen molar-refractivity contribution >= 4 is 50.0 Å². The first-order valence-corrected chi connectivity index (χ1v) is 7.42. The van der Waals surface area contributed by atoms with Gasteiger partial charge < -0.3 is 5.32 Å². The SMILES string of the molecule is O=C(Nc1cnc2ccccc2c1)c1ccc(Cl)cc1Br. The number of pyridine rings is 1. The molecular formula is C16H10BrClN2O. The number of anilines is 1. The predicted molar refractivity (Wildman–Crippen MR) is 88.8 cm³/mol. The van der Waals surface area contributed by atoms with Gasteiger partial charge in [0.15, 0.2) is 0 Å². The van der Waals surface area contributed by atoms with Gasteiger partial charge in [-0.3, -0.25) is 9.78 Å². The Kier molecular flexibility index (Phi) is 3.90. The number of nitrogens with one attached hydrogen (secondary N) is 1. The number of nitrogens with zero attached hydrogens (tertiary/aromatic N) is 1. The monoisotopic (exact) mass is 360 g/mol. The van der Waals surface area contributed by atoms with Gasteiger partial charge in [-0.25, -0.2) is 0 Å². The molecular weight excluding hydrogens is 352 g/mol. The van der Waals surface area contributed by atoms with Crippen molar-refractivity contribution < 1.29 is 4.79 Å². The van der Waals surface area contributed by atoms with Crippen molar-refractivity contribution in [2.24, 2.45) is 0 Å². The number of benzene rings is 2. The molecule has 104 valence electrons. The lowest BCUT2D eigenvalue weighted by molar-refractivity contribution is 0.102. The third kappa shape index (κ3) is 3.06. The van der Waals surface area contributed by atoms with Crippen LogP contribution in [-0.2, 0) is 0 Å². The molecule has 3 rings (SSSR count). The zero-order valence-corrected chi connectivity index (χ0v) is 13.1. The minimum Gasteiger partial charge on any atom is -0.321 e. The quantitative estimate of drug-likeness (QED) is 0.705. The number of carbonyl (C=O) groups excluding carboxylic acids is 1. The fraction of sp³-hybridized carbons (Fsp3) is 0. The Balaban J connectivity index is 1.89. The average Bonchev–Trinajstić information content (AvgIpc) is 2.47. The lowest BCUT2D eigenvalue weighted by atomic mass is 10.2. The number of halogens is 2. The number of aromatic nitrogens is 1. The number of hydrogen-bond acceptors (Lipinski definition) is 2. The van der Waals surface area contributed by atoms with Gasteiger partial charge in [0.25, 0.3) is 5.91 Å². The maximum Gasteiger partial charge on any atom is 0.256 e. The Morgan fingerprint density at radius 1 is 1.14 bits per heavy atom. The van der Waals surface area contributed by atoms with Crippen molar-refractivity contribution in [3.63, 3.8) is 0 Å². The van der Waals surface area contributed by atoms with Crippen molar-refractivity contribution in [3.05, 3.63) is 69.8 Å². The summed E-state index contributed by atoms with van der Waals surface area (Å²) in [6.07, 6.45) is 1.64. The molecule has 1 N–H and O–H groups in total. The van der Waals surface area contributed by atoms with E-state index in [9.17, 15) is 4.79 Å². The molecule has 2 aromatic carbocycles. The van der Waals surface area contributed by atoms with Crippen LogP contribution in [0.1, 0.15) is 10.4 Å². The van der Waals surface area contributed by atoms with Crippen LogP contribution in [0.4, 0.5) is 5.69 Å². The Morgan fingerprint density at radius 2 is 1.95 bits per heavy atom. The summed E-state index contributed by atoms with van der Waals surface area (Å²) in [6, 6.07) is 14.7. The molecule has 0 aliphatic rings. The molecule has 3 aromatic rings. The molecule has 0 radical (unpaired) electrons. The van der Waals surface area contributed by atoms with Gasteiger partial charge in [-0.1, -0.05) is 29.8 Å². The second-order valence-corrected chi connectivity index (χ2v) is 5.79. The fourth-order valence-electron chi connectivity index (χ4n) is 2.01. The van der Waals surface area contributed by atoms with Gasteiger partial charge in [0, 0.05) is 14.9 Å². The molecule has 0 aliphatic heterocycles. The number of para-hydroxylation sites is 1. The molecule has 0 saturated heterocycles. The van der Waals surface area contributed by atoms with Gasteiger partial charge in [-0.05, 0) is 46.3 Å². The van der Waals surface area contributed by atoms with Crippen LogP contribution in [0, 0.1) is 0 Å². The largest absolute Gasteiger partial charge is 0.321 e. The number of fused-ring (bicyclic) bond motifs is 1. The van der Waals surface area contributed by atoms with E-state index in [1.807, 2.05) is 30.3 Å². The summed E-state index contributed by atoms with van der Waals surface area (Å²) in [7, 11) is 0. The van der Waals surface area contributed by atoms with E-state index in [0.717, 1.165) is 10.9 Å². The highest BCUT2D eigenvalue weighted by Crippen LogP contribution is 2.23. The summed E-state index contributed by atoms with van der Waals surface area (Å²) in [5.41, 5.74) is 2.07. The molecule has 1 heterocycles. The Hall–Kier alpha value is -1.91. The van der Waals surface area contributed by atoms with Crippen molar-refractivity contribution in [2.45, 2.75) is 0 Å². The summed E-state index contributed by atoms with van der Waals surface area (Å²) < 4.78 is 0.654. The third-order valence-corrected chi connectivity index (χ3v) is 3.92. The molecule has 0 saturated carbocycles. The van der Waals surface area contributed by atoms with Crippen molar-refractivity contribution in [2.75, 3.05) is 5.32 Å². The maximum atomic E-state index is 12.3. The van der Waals surface area contributed by atoms with E-state index in [1.165, 1.54) is 0 Å². The fourth-order valence-corrected chi connectivity index (χ4v) is 2.87. The Labute approximate surface area is 135 Å². The molecule has 1 amide bonds. The van der Waals surface area contributed by atoms with Gasteiger partial charge in [0.2, 0.25) is 0 Å². The van der Waals surface area contributed by atoms with Gasteiger partial charge in [0.05, 0.1) is 23.0 Å². The topological polar surface area (TPSA) is 42.0 Å². The van der Waals surface area contributed by atoms with E-state index in [-0.39, 0.29) is 5.91 Å². The molecule has 0 atom stereocenters. The first-order valence-electron chi connectivity index (χ1n) is 6.25. The summed E-state index contributed by atoms with van der Waals surface area (Å²) in [5, 5.41) is 4.39. The zero-order chi connectivity index (χ0) is 14.8. The average molecular weight is 362 g/mol. The van der Waals surface area contributed by atoms with E-state index >= 15 is 0 Å². The second kappa shape index (κ2) is 5.84. The molecule has 0 spiro atoms. The van der Waals surface area contributed by atoms with E-state index in [1.54, 1.807) is 24.4 Å². The number of amides is 1. The summed E-state index contributed by atoms with van der Waals surface area (Å²) in [4.78, 5) is 16.6. The molecule has 0 aliphatic carbocycles. The van der Waals surface area contributed by atoms with Crippen LogP contribution >= 0.6 is 27.5 Å². The molecule has 21 heavy (non-hydrogen) atoms. The number of carbonyl (C=O) groups is 1. The van der Waals surface area contributed by atoms with E-state index in [4.69, 9.17) is 11.6 Å². The smallest absolute Gasteiger partial charge is 0.256 e. The lowest BCUT2D eigenvalue weighted by Crippen LogP contribution is -2.12. The molecule has 0 fully saturated rings. The van der Waals surface area contributed by atoms with E-state index < -0.39 is 0 Å². The van der Waals surface area contributed by atoms with Crippen LogP contribution in [0.5, 0.6) is 0 Å². The van der Waals surface area contributed by atoms with Gasteiger partial charge >= 0.3 is 0 Å². The molecule has 0 unspecified atom stereocenters. The van der Waals surface area contributed by atoms with Crippen molar-refractivity contribution in [1.29, 1.82) is 0 Å². The minimum atomic E-state index is -0.212. The number of rotatable bonds is 2. The minimum absolute atomic E-state index is 0.212. The van der Waals surface area contributed by atoms with Gasteiger partial charge in [0.1, 0.15) is 0 Å². The van der Waals surface area contributed by atoms with E-state index in [0.29, 0.717) is 20.7 Å². The molecule has 3 nitrogen and oxygen atoms in total. The Bertz CT molecular complexity index is 835. The summed E-state index contributed by atoms with van der Waals surface area (Å²) >= 11 is 9.22. The summed E-state index contributed by atoms with van der Waals surface area (Å²) in [6.45, 7) is 0. The highest BCUT2D eigenvalue weighted by atomic mass is 79.9. The van der Waals surface area contributed by atoms with Crippen LogP contribution in [0.25, 0.3) is 10.9 Å². The second-order valence-electron chi connectivity index (χ2n) is 4.49. The standard InChI is InChI=1S/C16H10BrClN2O/c17-14-8-11(18)5-6-13(14)16(21)20-12-7-10-3-1-2-4-15(10)19-9-12/h1-9H,(H,20,21). The number of hydrogen-bond donors (Lipinski definition) is 1. The molecule has 5 heteroatoms. The molecule has 0 bridgehead atoms. The van der Waals surface area contributed by atoms with Crippen molar-refractivity contribution in [3.8, 4) is 0 Å². The molecule has 1 aromatic heterocycles. The van der Waals surface area contributed by atoms with Crippen LogP contribution in [0.15, 0.2) is 59.2 Å². The predicted octanol–water partition coefficient (Wildman–Crippen LogP) is 4.90. The first-order chi connectivity index (χ1) is 10.1. The van der Waals surface area contributed by atoms with Crippen LogP contribution in [0.2, 0.25) is 5.02 Å². The van der Waals surface area contributed by atoms with Gasteiger partial charge in [-0.2, -0.15) is 0 Å². The van der Waals surface area contributed by atoms with E-state index in [2.05, 4.69) is 26.2 Å². The van der Waals surface area contributed by atoms with Crippen LogP contribution < -0.4 is 5.32 Å². The third-order valence-electron chi connectivity index (χ3n) is 3.02. The Morgan fingerprint density at radius 3 is 2.76 bits per heavy atom. The maximum absolute atomic E-state index is 12.3. The first kappa shape index (κ1) is 14.0. The lowest BCUT2D eigenvalue weighted by Gasteiger charge is -2.08. The zero-order valence-electron chi connectivity index (χ0n) is 10.8. The highest BCUT2D eigenvalue weighted by molar-refractivity contribution is 9.10. The van der Waals surface area contributed by atoms with Crippen molar-refractivity contribution in [1.82, 2.24) is 4.98 Å². The normalized spacial score (nSPS) is 10.6. The summed E-state index contributed by atoms with van der Waals surface area (Å²) in [5.74, 6) is -0.212. The van der Waals surface area contributed by atoms with Gasteiger partial charge in [-0.15, -0.1) is 0 Å². The van der Waals surface area contributed by atoms with Crippen LogP contribution in [0.3, 0.4) is 0 Å².